The number of carboxylic acid groups (broad SMARTS) is 1. The van der Waals surface area contributed by atoms with E-state index in [1.807, 2.05) is 18.2 Å². The second kappa shape index (κ2) is 7.98. The maximum absolute atomic E-state index is 9.92. The number of nitrogen functional groups attached to an aromatic ring is 1. The van der Waals surface area contributed by atoms with E-state index in [0.29, 0.717) is 5.69 Å². The van der Waals surface area contributed by atoms with Gasteiger partial charge < -0.3 is 20.3 Å². The number of carboxylic acids is 1. The van der Waals surface area contributed by atoms with Crippen LogP contribution in [0.5, 0.6) is 5.75 Å². The Kier molecular flexibility index (Phi) is 6.92. The van der Waals surface area contributed by atoms with Crippen molar-refractivity contribution < 1.29 is 24.2 Å². The van der Waals surface area contributed by atoms with Gasteiger partial charge in [0.2, 0.25) is 0 Å². The van der Waals surface area contributed by atoms with Crippen molar-refractivity contribution in [2.45, 2.75) is 6.92 Å². The Balaban J connectivity index is 0.000000304. The van der Waals surface area contributed by atoms with Crippen molar-refractivity contribution in [1.82, 2.24) is 0 Å². The molecule has 1 aromatic rings. The van der Waals surface area contributed by atoms with E-state index < -0.39 is 11.9 Å². The Labute approximate surface area is 98.9 Å². The minimum Gasteiger partial charge on any atom is -0.495 e. The van der Waals surface area contributed by atoms with E-state index in [1.165, 1.54) is 0 Å². The van der Waals surface area contributed by atoms with E-state index >= 15 is 0 Å². The average molecular weight is 241 g/mol. The van der Waals surface area contributed by atoms with Gasteiger partial charge in [-0.05, 0) is 19.1 Å². The average Bonchev–Trinajstić information content (AvgIpc) is 2.31. The fourth-order valence-electron chi connectivity index (χ4n) is 0.859. The van der Waals surface area contributed by atoms with Gasteiger partial charge >= 0.3 is 11.9 Å². The SMILES string of the molecule is CCOC(=O)C(=O)O.COc1ccccc1N. The molecule has 0 aliphatic carbocycles. The molecule has 0 aromatic heterocycles. The number of nitrogens with two attached hydrogens (primary N) is 1. The van der Waals surface area contributed by atoms with Crippen molar-refractivity contribution in [3.8, 4) is 5.75 Å². The monoisotopic (exact) mass is 241 g/mol. The Hall–Kier alpha value is -2.24. The van der Waals surface area contributed by atoms with Crippen molar-refractivity contribution in [3.63, 3.8) is 0 Å². The summed E-state index contributed by atoms with van der Waals surface area (Å²) >= 11 is 0. The molecule has 0 radical (unpaired) electrons. The summed E-state index contributed by atoms with van der Waals surface area (Å²) in [6.45, 7) is 1.64. The molecule has 0 atom stereocenters. The van der Waals surface area contributed by atoms with Crippen LogP contribution < -0.4 is 10.5 Å². The molecule has 3 N–H and O–H groups in total. The van der Waals surface area contributed by atoms with Gasteiger partial charge in [0.15, 0.2) is 0 Å². The van der Waals surface area contributed by atoms with Crippen molar-refractivity contribution >= 4 is 17.6 Å². The normalized spacial score (nSPS) is 8.59. The summed E-state index contributed by atoms with van der Waals surface area (Å²) in [6, 6.07) is 7.39. The summed E-state index contributed by atoms with van der Waals surface area (Å²) in [5.41, 5.74) is 6.19. The topological polar surface area (TPSA) is 98.9 Å². The van der Waals surface area contributed by atoms with Gasteiger partial charge in [-0.25, -0.2) is 9.59 Å². The number of para-hydroxylation sites is 2. The summed E-state index contributed by atoms with van der Waals surface area (Å²) in [5.74, 6) is -2.02. The number of anilines is 1. The summed E-state index contributed by atoms with van der Waals surface area (Å²) in [6.07, 6.45) is 0. The molecule has 0 bridgehead atoms. The summed E-state index contributed by atoms with van der Waals surface area (Å²) in [4.78, 5) is 19.5. The predicted octanol–water partition coefficient (Wildman–Crippen LogP) is 0.911. The van der Waals surface area contributed by atoms with Crippen LogP contribution >= 0.6 is 0 Å². The number of carbonyl (C=O) groups excluding carboxylic acids is 1. The molecule has 0 amide bonds. The van der Waals surface area contributed by atoms with Gasteiger partial charge in [0.05, 0.1) is 19.4 Å². The van der Waals surface area contributed by atoms with Gasteiger partial charge in [-0.1, -0.05) is 12.1 Å². The number of benzene rings is 1. The van der Waals surface area contributed by atoms with Crippen LogP contribution in [0.25, 0.3) is 0 Å². The van der Waals surface area contributed by atoms with Gasteiger partial charge in [-0.3, -0.25) is 0 Å². The standard InChI is InChI=1S/C7H9NO.C4H6O4/c1-9-7-5-3-2-4-6(7)8;1-2-8-4(7)3(5)6/h2-5H,8H2,1H3;2H2,1H3,(H,5,6). The molecule has 0 aliphatic rings. The zero-order valence-corrected chi connectivity index (χ0v) is 9.67. The number of esters is 1. The van der Waals surface area contributed by atoms with Crippen molar-refractivity contribution in [2.75, 3.05) is 19.5 Å². The molecule has 0 saturated heterocycles. The number of hydrogen-bond acceptors (Lipinski definition) is 5. The van der Waals surface area contributed by atoms with E-state index in [9.17, 15) is 9.59 Å². The van der Waals surface area contributed by atoms with Gasteiger partial charge in [-0.2, -0.15) is 0 Å². The largest absolute Gasteiger partial charge is 0.495 e. The van der Waals surface area contributed by atoms with E-state index in [1.54, 1.807) is 20.1 Å². The van der Waals surface area contributed by atoms with Gasteiger partial charge in [0.25, 0.3) is 0 Å². The van der Waals surface area contributed by atoms with E-state index in [4.69, 9.17) is 15.6 Å². The Bertz CT molecular complexity index is 378. The molecule has 17 heavy (non-hydrogen) atoms. The highest BCUT2D eigenvalue weighted by atomic mass is 16.6. The molecular formula is C11H15NO5. The smallest absolute Gasteiger partial charge is 0.417 e. The molecular weight excluding hydrogens is 226 g/mol. The number of ether oxygens (including phenoxy) is 2. The molecule has 0 heterocycles. The minimum atomic E-state index is -1.55. The van der Waals surface area contributed by atoms with Gasteiger partial charge in [-0.15, -0.1) is 0 Å². The molecule has 0 fully saturated rings. The molecule has 0 saturated carbocycles. The van der Waals surface area contributed by atoms with Crippen LogP contribution in [0.4, 0.5) is 5.69 Å². The predicted molar refractivity (Wildman–Crippen MR) is 61.7 cm³/mol. The highest BCUT2D eigenvalue weighted by molar-refractivity contribution is 6.28. The summed E-state index contributed by atoms with van der Waals surface area (Å²) in [5, 5.41) is 7.84. The van der Waals surface area contributed by atoms with Crippen LogP contribution in [0.3, 0.4) is 0 Å². The molecule has 1 aromatic carbocycles. The van der Waals surface area contributed by atoms with Crippen LogP contribution in [-0.4, -0.2) is 30.8 Å². The Morgan fingerprint density at radius 3 is 2.24 bits per heavy atom. The third-order valence-electron chi connectivity index (χ3n) is 1.59. The van der Waals surface area contributed by atoms with Crippen molar-refractivity contribution in [2.24, 2.45) is 0 Å². The highest BCUT2D eigenvalue weighted by Crippen LogP contribution is 2.18. The molecule has 6 heteroatoms. The number of aliphatic carboxylic acids is 1. The summed E-state index contributed by atoms with van der Waals surface area (Å²) in [7, 11) is 1.60. The quantitative estimate of drug-likeness (QED) is 0.453. The lowest BCUT2D eigenvalue weighted by Crippen LogP contribution is -2.15. The van der Waals surface area contributed by atoms with E-state index in [2.05, 4.69) is 4.74 Å². The lowest BCUT2D eigenvalue weighted by molar-refractivity contribution is -0.163. The van der Waals surface area contributed by atoms with Crippen molar-refractivity contribution in [1.29, 1.82) is 0 Å². The Morgan fingerprint density at radius 1 is 1.35 bits per heavy atom. The maximum Gasteiger partial charge on any atom is 0.417 e. The second-order valence-electron chi connectivity index (χ2n) is 2.77. The molecule has 6 nitrogen and oxygen atoms in total. The number of carbonyl (C=O) groups is 2. The number of rotatable bonds is 2. The lowest BCUT2D eigenvalue weighted by Gasteiger charge is -2.00. The fraction of sp³-hybridized carbons (Fsp3) is 0.273. The van der Waals surface area contributed by atoms with Gasteiger partial charge in [0, 0.05) is 0 Å². The van der Waals surface area contributed by atoms with Crippen LogP contribution in [0, 0.1) is 0 Å². The highest BCUT2D eigenvalue weighted by Gasteiger charge is 2.09. The van der Waals surface area contributed by atoms with Crippen molar-refractivity contribution in [3.05, 3.63) is 24.3 Å². The molecule has 0 spiro atoms. The first kappa shape index (κ1) is 14.8. The van der Waals surface area contributed by atoms with Crippen LogP contribution in [0.1, 0.15) is 6.92 Å². The molecule has 0 unspecified atom stereocenters. The fourth-order valence-corrected chi connectivity index (χ4v) is 0.859. The Morgan fingerprint density at radius 2 is 1.94 bits per heavy atom. The zero-order valence-electron chi connectivity index (χ0n) is 9.67. The third kappa shape index (κ3) is 6.03. The van der Waals surface area contributed by atoms with E-state index in [-0.39, 0.29) is 6.61 Å². The maximum atomic E-state index is 9.92. The first-order valence-electron chi connectivity index (χ1n) is 4.81. The first-order chi connectivity index (χ1) is 8.02. The molecule has 0 aliphatic heterocycles. The molecule has 94 valence electrons. The number of methoxy groups -OCH3 is 1. The van der Waals surface area contributed by atoms with E-state index in [0.717, 1.165) is 5.75 Å². The second-order valence-corrected chi connectivity index (χ2v) is 2.77. The van der Waals surface area contributed by atoms with Crippen LogP contribution in [0.15, 0.2) is 24.3 Å². The van der Waals surface area contributed by atoms with Crippen LogP contribution in [-0.2, 0) is 14.3 Å². The third-order valence-corrected chi connectivity index (χ3v) is 1.59. The number of hydrogen-bond donors (Lipinski definition) is 2. The lowest BCUT2D eigenvalue weighted by atomic mass is 10.3. The van der Waals surface area contributed by atoms with Crippen LogP contribution in [0.2, 0.25) is 0 Å². The zero-order chi connectivity index (χ0) is 13.3. The first-order valence-corrected chi connectivity index (χ1v) is 4.81. The van der Waals surface area contributed by atoms with Gasteiger partial charge in [0.1, 0.15) is 5.75 Å². The molecule has 1 rings (SSSR count). The summed E-state index contributed by atoms with van der Waals surface area (Å²) < 4.78 is 8.98. The minimum absolute atomic E-state index is 0.102.